The van der Waals surface area contributed by atoms with E-state index in [0.717, 1.165) is 83.7 Å². The first-order valence-electron chi connectivity index (χ1n) is 11.3. The first-order chi connectivity index (χ1) is 13.3. The van der Waals surface area contributed by atoms with Crippen molar-refractivity contribution in [2.75, 3.05) is 39.3 Å². The summed E-state index contributed by atoms with van der Waals surface area (Å²) < 4.78 is 5.49. The van der Waals surface area contributed by atoms with Crippen molar-refractivity contribution < 1.29 is 14.3 Å². The normalized spacial score (nSPS) is 23.7. The van der Waals surface area contributed by atoms with E-state index in [0.29, 0.717) is 11.8 Å². The summed E-state index contributed by atoms with van der Waals surface area (Å²) in [6, 6.07) is 0. The molecule has 3 fully saturated rings. The SMILES string of the molecule is CC(C)(C)OC(=O)N1CCC(CC2CCN(C(=O)C3CCNCC3)CC2)CC1. The first-order valence-corrected chi connectivity index (χ1v) is 11.3. The molecule has 3 heterocycles. The fourth-order valence-electron chi connectivity index (χ4n) is 4.87. The van der Waals surface area contributed by atoms with Crippen LogP contribution in [-0.4, -0.2) is 66.7 Å². The molecule has 28 heavy (non-hydrogen) atoms. The number of hydrogen-bond acceptors (Lipinski definition) is 4. The number of hydrogen-bond donors (Lipinski definition) is 1. The smallest absolute Gasteiger partial charge is 0.410 e. The van der Waals surface area contributed by atoms with Crippen LogP contribution in [0.1, 0.15) is 65.7 Å². The van der Waals surface area contributed by atoms with Gasteiger partial charge in [-0.25, -0.2) is 4.79 Å². The van der Waals surface area contributed by atoms with Crippen LogP contribution >= 0.6 is 0 Å². The minimum absolute atomic E-state index is 0.171. The maximum Gasteiger partial charge on any atom is 0.410 e. The van der Waals surface area contributed by atoms with E-state index in [1.807, 2.05) is 25.7 Å². The fraction of sp³-hybridized carbons (Fsp3) is 0.909. The standard InChI is InChI=1S/C22H39N3O3/c1-22(2,3)28-21(27)25-14-8-18(9-15-25)16-17-6-12-24(13-7-17)20(26)19-4-10-23-11-5-19/h17-19,23H,4-16H2,1-3H3. The van der Waals surface area contributed by atoms with Gasteiger partial charge >= 0.3 is 6.09 Å². The molecule has 6 nitrogen and oxygen atoms in total. The van der Waals surface area contributed by atoms with Gasteiger partial charge in [0, 0.05) is 32.1 Å². The lowest BCUT2D eigenvalue weighted by atomic mass is 9.82. The second kappa shape index (κ2) is 9.47. The average molecular weight is 394 g/mol. The van der Waals surface area contributed by atoms with Gasteiger partial charge in [-0.15, -0.1) is 0 Å². The van der Waals surface area contributed by atoms with Gasteiger partial charge in [-0.05, 0) is 90.6 Å². The highest BCUT2D eigenvalue weighted by Gasteiger charge is 2.32. The first kappa shape index (κ1) is 21.4. The molecule has 0 unspecified atom stereocenters. The molecule has 1 N–H and O–H groups in total. The van der Waals surface area contributed by atoms with Crippen molar-refractivity contribution in [3.63, 3.8) is 0 Å². The summed E-state index contributed by atoms with van der Waals surface area (Å²) in [5.74, 6) is 2.08. The Kier molecular flexibility index (Phi) is 7.24. The third-order valence-corrected chi connectivity index (χ3v) is 6.55. The molecule has 3 saturated heterocycles. The van der Waals surface area contributed by atoms with E-state index in [1.165, 1.54) is 6.42 Å². The number of carbonyl (C=O) groups is 2. The molecule has 3 aliphatic rings. The van der Waals surface area contributed by atoms with Crippen LogP contribution in [0.3, 0.4) is 0 Å². The van der Waals surface area contributed by atoms with Gasteiger partial charge in [0.1, 0.15) is 5.60 Å². The number of ether oxygens (including phenoxy) is 1. The van der Waals surface area contributed by atoms with Crippen LogP contribution in [0.15, 0.2) is 0 Å². The van der Waals surface area contributed by atoms with E-state index >= 15 is 0 Å². The Morgan fingerprint density at radius 1 is 0.857 bits per heavy atom. The molecule has 0 aromatic rings. The van der Waals surface area contributed by atoms with E-state index in [9.17, 15) is 9.59 Å². The Balaban J connectivity index is 1.35. The average Bonchev–Trinajstić information content (AvgIpc) is 2.68. The van der Waals surface area contributed by atoms with Crippen molar-refractivity contribution in [2.45, 2.75) is 71.3 Å². The topological polar surface area (TPSA) is 61.9 Å². The number of likely N-dealkylation sites (tertiary alicyclic amines) is 2. The molecule has 0 aliphatic carbocycles. The summed E-state index contributed by atoms with van der Waals surface area (Å²) in [4.78, 5) is 28.9. The zero-order valence-corrected chi connectivity index (χ0v) is 18.0. The van der Waals surface area contributed by atoms with Gasteiger partial charge in [0.2, 0.25) is 5.91 Å². The molecule has 3 rings (SSSR count). The predicted molar refractivity (Wildman–Crippen MR) is 110 cm³/mol. The van der Waals surface area contributed by atoms with Crippen molar-refractivity contribution in [3.05, 3.63) is 0 Å². The number of amides is 2. The second-order valence-electron chi connectivity index (χ2n) is 9.94. The van der Waals surface area contributed by atoms with Gasteiger partial charge in [-0.1, -0.05) is 0 Å². The van der Waals surface area contributed by atoms with Gasteiger partial charge in [0.05, 0.1) is 0 Å². The molecular formula is C22H39N3O3. The molecule has 0 atom stereocenters. The van der Waals surface area contributed by atoms with E-state index in [4.69, 9.17) is 4.74 Å². The molecule has 3 aliphatic heterocycles. The van der Waals surface area contributed by atoms with Gasteiger partial charge in [0.25, 0.3) is 0 Å². The van der Waals surface area contributed by atoms with Crippen molar-refractivity contribution in [3.8, 4) is 0 Å². The Hall–Kier alpha value is -1.30. The third kappa shape index (κ3) is 6.10. The number of rotatable bonds is 3. The number of carbonyl (C=O) groups excluding carboxylic acids is 2. The van der Waals surface area contributed by atoms with Crippen molar-refractivity contribution in [1.82, 2.24) is 15.1 Å². The zero-order chi connectivity index (χ0) is 20.1. The van der Waals surface area contributed by atoms with Crippen LogP contribution in [0.4, 0.5) is 4.79 Å². The highest BCUT2D eigenvalue weighted by Crippen LogP contribution is 2.31. The Morgan fingerprint density at radius 2 is 1.36 bits per heavy atom. The summed E-state index contributed by atoms with van der Waals surface area (Å²) in [5.41, 5.74) is -0.423. The molecule has 6 heteroatoms. The van der Waals surface area contributed by atoms with Crippen molar-refractivity contribution >= 4 is 12.0 Å². The van der Waals surface area contributed by atoms with Gasteiger partial charge in [-0.3, -0.25) is 4.79 Å². The maximum atomic E-state index is 12.7. The molecular weight excluding hydrogens is 354 g/mol. The minimum atomic E-state index is -0.423. The number of piperidine rings is 3. The van der Waals surface area contributed by atoms with Crippen LogP contribution < -0.4 is 5.32 Å². The molecule has 0 aromatic carbocycles. The summed E-state index contributed by atoms with van der Waals surface area (Å²) in [6.45, 7) is 11.2. The van der Waals surface area contributed by atoms with Crippen LogP contribution in [0.2, 0.25) is 0 Å². The van der Waals surface area contributed by atoms with Crippen LogP contribution in [0.5, 0.6) is 0 Å². The van der Waals surface area contributed by atoms with Crippen molar-refractivity contribution in [2.24, 2.45) is 17.8 Å². The van der Waals surface area contributed by atoms with E-state index in [1.54, 1.807) is 0 Å². The fourth-order valence-corrected chi connectivity index (χ4v) is 4.87. The highest BCUT2D eigenvalue weighted by atomic mass is 16.6. The van der Waals surface area contributed by atoms with Crippen molar-refractivity contribution in [1.29, 1.82) is 0 Å². The lowest BCUT2D eigenvalue weighted by molar-refractivity contribution is -0.137. The predicted octanol–water partition coefficient (Wildman–Crippen LogP) is 3.26. The zero-order valence-electron chi connectivity index (χ0n) is 18.0. The summed E-state index contributed by atoms with van der Waals surface area (Å²) in [7, 11) is 0. The lowest BCUT2D eigenvalue weighted by Gasteiger charge is -2.38. The number of nitrogens with one attached hydrogen (secondary N) is 1. The van der Waals surface area contributed by atoms with Gasteiger partial charge in [-0.2, -0.15) is 0 Å². The molecule has 0 radical (unpaired) electrons. The Bertz CT molecular complexity index is 524. The molecule has 0 spiro atoms. The Labute approximate surface area is 170 Å². The third-order valence-electron chi connectivity index (χ3n) is 6.55. The van der Waals surface area contributed by atoms with Gasteiger partial charge < -0.3 is 19.9 Å². The van der Waals surface area contributed by atoms with E-state index < -0.39 is 5.60 Å². The van der Waals surface area contributed by atoms with E-state index in [-0.39, 0.29) is 12.0 Å². The van der Waals surface area contributed by atoms with E-state index in [2.05, 4.69) is 10.2 Å². The molecule has 0 bridgehead atoms. The number of nitrogens with zero attached hydrogens (tertiary/aromatic N) is 2. The van der Waals surface area contributed by atoms with Crippen LogP contribution in [0.25, 0.3) is 0 Å². The van der Waals surface area contributed by atoms with Gasteiger partial charge in [0.15, 0.2) is 0 Å². The summed E-state index contributed by atoms with van der Waals surface area (Å²) >= 11 is 0. The molecule has 0 saturated carbocycles. The quantitative estimate of drug-likeness (QED) is 0.799. The Morgan fingerprint density at radius 3 is 1.86 bits per heavy atom. The lowest BCUT2D eigenvalue weighted by Crippen LogP contribution is -2.45. The van der Waals surface area contributed by atoms with Crippen LogP contribution in [-0.2, 0) is 9.53 Å². The monoisotopic (exact) mass is 393 g/mol. The maximum absolute atomic E-state index is 12.7. The largest absolute Gasteiger partial charge is 0.444 e. The highest BCUT2D eigenvalue weighted by molar-refractivity contribution is 5.79. The van der Waals surface area contributed by atoms with Crippen LogP contribution in [0, 0.1) is 17.8 Å². The molecule has 160 valence electrons. The summed E-state index contributed by atoms with van der Waals surface area (Å²) in [5, 5.41) is 3.34. The summed E-state index contributed by atoms with van der Waals surface area (Å²) in [6.07, 6.45) is 7.50. The molecule has 0 aromatic heterocycles. The molecule has 2 amide bonds. The second-order valence-corrected chi connectivity index (χ2v) is 9.94. The minimum Gasteiger partial charge on any atom is -0.444 e.